The largest absolute Gasteiger partial charge is 0.466 e. The Bertz CT molecular complexity index is 184. The van der Waals surface area contributed by atoms with E-state index in [1.807, 2.05) is 0 Å². The third-order valence-electron chi connectivity index (χ3n) is 2.48. The topological polar surface area (TPSA) is 72.5 Å². The van der Waals surface area contributed by atoms with Crippen molar-refractivity contribution in [3.8, 4) is 0 Å². The van der Waals surface area contributed by atoms with Crippen molar-refractivity contribution >= 4 is 5.97 Å². The lowest BCUT2D eigenvalue weighted by molar-refractivity contribution is -0.150. The van der Waals surface area contributed by atoms with Gasteiger partial charge in [-0.2, -0.15) is 0 Å². The van der Waals surface area contributed by atoms with Gasteiger partial charge in [-0.05, 0) is 26.2 Å². The van der Waals surface area contributed by atoms with E-state index >= 15 is 0 Å². The summed E-state index contributed by atoms with van der Waals surface area (Å²) >= 11 is 0. The Kier molecular flexibility index (Phi) is 3.69. The number of esters is 1. The van der Waals surface area contributed by atoms with Crippen LogP contribution in [-0.4, -0.2) is 29.8 Å². The predicted molar refractivity (Wildman–Crippen MR) is 48.0 cm³/mol. The van der Waals surface area contributed by atoms with E-state index in [0.717, 1.165) is 0 Å². The van der Waals surface area contributed by atoms with Crippen molar-refractivity contribution in [3.63, 3.8) is 0 Å². The standard InChI is InChI=1S/C9H17NO3/c1-2-13-9(12)6-3-4-8(11)7(10)5-6/h6-8,11H,2-5,10H2,1H3/t6-,7-,8+/m1/s1. The summed E-state index contributed by atoms with van der Waals surface area (Å²) in [6, 6.07) is -0.275. The fourth-order valence-electron chi connectivity index (χ4n) is 1.66. The molecule has 1 saturated carbocycles. The molecule has 1 rings (SSSR count). The van der Waals surface area contributed by atoms with Crippen LogP contribution in [0.1, 0.15) is 26.2 Å². The molecule has 0 aromatic carbocycles. The van der Waals surface area contributed by atoms with Crippen LogP contribution in [0.3, 0.4) is 0 Å². The Labute approximate surface area is 78.1 Å². The number of carbonyl (C=O) groups excluding carboxylic acids is 1. The van der Waals surface area contributed by atoms with Crippen molar-refractivity contribution in [2.75, 3.05) is 6.61 Å². The Morgan fingerprint density at radius 1 is 1.62 bits per heavy atom. The molecule has 1 aliphatic carbocycles. The zero-order chi connectivity index (χ0) is 9.84. The minimum Gasteiger partial charge on any atom is -0.466 e. The maximum Gasteiger partial charge on any atom is 0.308 e. The quantitative estimate of drug-likeness (QED) is 0.598. The number of nitrogens with two attached hydrogens (primary N) is 1. The molecule has 0 aromatic rings. The molecule has 1 fully saturated rings. The van der Waals surface area contributed by atoms with Crippen LogP contribution in [0.25, 0.3) is 0 Å². The molecule has 0 unspecified atom stereocenters. The van der Waals surface area contributed by atoms with Crippen molar-refractivity contribution in [2.24, 2.45) is 11.7 Å². The molecule has 1 aliphatic rings. The Morgan fingerprint density at radius 2 is 2.31 bits per heavy atom. The van der Waals surface area contributed by atoms with Gasteiger partial charge >= 0.3 is 5.97 Å². The average molecular weight is 187 g/mol. The third-order valence-corrected chi connectivity index (χ3v) is 2.48. The molecular formula is C9H17NO3. The van der Waals surface area contributed by atoms with Crippen molar-refractivity contribution in [3.05, 3.63) is 0 Å². The Morgan fingerprint density at radius 3 is 2.85 bits per heavy atom. The summed E-state index contributed by atoms with van der Waals surface area (Å²) in [7, 11) is 0. The smallest absolute Gasteiger partial charge is 0.308 e. The summed E-state index contributed by atoms with van der Waals surface area (Å²) in [5.74, 6) is -0.289. The summed E-state index contributed by atoms with van der Waals surface area (Å²) in [5.41, 5.74) is 5.64. The van der Waals surface area contributed by atoms with Crippen LogP contribution < -0.4 is 5.73 Å². The molecule has 0 spiro atoms. The first-order valence-electron chi connectivity index (χ1n) is 4.75. The van der Waals surface area contributed by atoms with Crippen molar-refractivity contribution in [2.45, 2.75) is 38.3 Å². The molecule has 0 amide bonds. The highest BCUT2D eigenvalue weighted by atomic mass is 16.5. The Balaban J connectivity index is 2.40. The maximum absolute atomic E-state index is 11.3. The summed E-state index contributed by atoms with van der Waals surface area (Å²) in [6.07, 6.45) is 1.38. The monoisotopic (exact) mass is 187 g/mol. The molecular weight excluding hydrogens is 170 g/mol. The summed E-state index contributed by atoms with van der Waals surface area (Å²) < 4.78 is 4.89. The van der Waals surface area contributed by atoms with Gasteiger partial charge in [0.05, 0.1) is 18.6 Å². The molecule has 0 saturated heterocycles. The first kappa shape index (κ1) is 10.5. The highest BCUT2D eigenvalue weighted by Crippen LogP contribution is 2.24. The van der Waals surface area contributed by atoms with Crippen molar-refractivity contribution in [1.29, 1.82) is 0 Å². The van der Waals surface area contributed by atoms with Crippen LogP contribution in [0.5, 0.6) is 0 Å². The van der Waals surface area contributed by atoms with Crippen LogP contribution in [0.4, 0.5) is 0 Å². The second-order valence-electron chi connectivity index (χ2n) is 3.49. The van der Waals surface area contributed by atoms with Gasteiger partial charge in [0.2, 0.25) is 0 Å². The zero-order valence-electron chi connectivity index (χ0n) is 7.90. The number of aliphatic hydroxyl groups excluding tert-OH is 1. The van der Waals surface area contributed by atoms with Gasteiger partial charge in [-0.1, -0.05) is 0 Å². The van der Waals surface area contributed by atoms with E-state index in [-0.39, 0.29) is 17.9 Å². The van der Waals surface area contributed by atoms with Crippen LogP contribution in [0.2, 0.25) is 0 Å². The number of ether oxygens (including phenoxy) is 1. The predicted octanol–water partition coefficient (Wildman–Crippen LogP) is 0.0378. The molecule has 0 radical (unpaired) electrons. The van der Waals surface area contributed by atoms with Crippen molar-refractivity contribution in [1.82, 2.24) is 0 Å². The van der Waals surface area contributed by atoms with E-state index in [1.165, 1.54) is 0 Å². The molecule has 0 aromatic heterocycles. The van der Waals surface area contributed by atoms with Gasteiger partial charge in [0, 0.05) is 6.04 Å². The molecule has 4 heteroatoms. The molecule has 3 atom stereocenters. The van der Waals surface area contributed by atoms with E-state index in [2.05, 4.69) is 0 Å². The van der Waals surface area contributed by atoms with Gasteiger partial charge in [-0.3, -0.25) is 4.79 Å². The first-order chi connectivity index (χ1) is 6.15. The maximum atomic E-state index is 11.3. The summed E-state index contributed by atoms with van der Waals surface area (Å²) in [4.78, 5) is 11.3. The highest BCUT2D eigenvalue weighted by Gasteiger charge is 2.31. The van der Waals surface area contributed by atoms with Gasteiger partial charge in [0.25, 0.3) is 0 Å². The minimum atomic E-state index is -0.453. The lowest BCUT2D eigenvalue weighted by Crippen LogP contribution is -2.42. The fourth-order valence-corrected chi connectivity index (χ4v) is 1.66. The zero-order valence-corrected chi connectivity index (χ0v) is 7.90. The molecule has 0 bridgehead atoms. The van der Waals surface area contributed by atoms with E-state index in [4.69, 9.17) is 10.5 Å². The SMILES string of the molecule is CCOC(=O)[C@@H]1CC[C@H](O)[C@H](N)C1. The molecule has 3 N–H and O–H groups in total. The van der Waals surface area contributed by atoms with Crippen molar-refractivity contribution < 1.29 is 14.6 Å². The number of hydrogen-bond donors (Lipinski definition) is 2. The third kappa shape index (κ3) is 2.67. The van der Waals surface area contributed by atoms with Gasteiger partial charge in [-0.25, -0.2) is 0 Å². The number of hydrogen-bond acceptors (Lipinski definition) is 4. The summed E-state index contributed by atoms with van der Waals surface area (Å²) in [5, 5.41) is 9.33. The number of rotatable bonds is 2. The molecule has 76 valence electrons. The lowest BCUT2D eigenvalue weighted by Gasteiger charge is -2.29. The van der Waals surface area contributed by atoms with Gasteiger partial charge in [0.15, 0.2) is 0 Å². The molecule has 0 aliphatic heterocycles. The van der Waals surface area contributed by atoms with Gasteiger partial charge < -0.3 is 15.6 Å². The van der Waals surface area contributed by atoms with Gasteiger partial charge in [-0.15, -0.1) is 0 Å². The molecule has 0 heterocycles. The number of aliphatic hydroxyl groups is 1. The minimum absolute atomic E-state index is 0.113. The molecule has 13 heavy (non-hydrogen) atoms. The van der Waals surface area contributed by atoms with E-state index in [0.29, 0.717) is 25.9 Å². The Hall–Kier alpha value is -0.610. The van der Waals surface area contributed by atoms with E-state index in [9.17, 15) is 9.90 Å². The first-order valence-corrected chi connectivity index (χ1v) is 4.75. The van der Waals surface area contributed by atoms with Crippen LogP contribution in [0, 0.1) is 5.92 Å². The molecule has 4 nitrogen and oxygen atoms in total. The van der Waals surface area contributed by atoms with Gasteiger partial charge in [0.1, 0.15) is 0 Å². The van der Waals surface area contributed by atoms with E-state index < -0.39 is 6.10 Å². The second-order valence-corrected chi connectivity index (χ2v) is 3.49. The van der Waals surface area contributed by atoms with E-state index in [1.54, 1.807) is 6.92 Å². The van der Waals surface area contributed by atoms with Crippen LogP contribution >= 0.6 is 0 Å². The summed E-state index contributed by atoms with van der Waals surface area (Å²) in [6.45, 7) is 2.20. The average Bonchev–Trinajstić information content (AvgIpc) is 2.10. The second kappa shape index (κ2) is 4.58. The lowest BCUT2D eigenvalue weighted by atomic mass is 9.84. The van der Waals surface area contributed by atoms with Crippen LogP contribution in [0.15, 0.2) is 0 Å². The normalized spacial score (nSPS) is 34.2. The van der Waals surface area contributed by atoms with Crippen LogP contribution in [-0.2, 0) is 9.53 Å². The number of carbonyl (C=O) groups is 1. The fraction of sp³-hybridized carbons (Fsp3) is 0.889. The highest BCUT2D eigenvalue weighted by molar-refractivity contribution is 5.72.